The summed E-state index contributed by atoms with van der Waals surface area (Å²) < 4.78 is 5.37. The number of H-pyrrole nitrogens is 1. The van der Waals surface area contributed by atoms with Crippen molar-refractivity contribution in [3.8, 4) is 17.1 Å². The van der Waals surface area contributed by atoms with E-state index in [1.165, 1.54) is 0 Å². The summed E-state index contributed by atoms with van der Waals surface area (Å²) in [6.07, 6.45) is 0.678. The Hall–Kier alpha value is -1.59. The van der Waals surface area contributed by atoms with Gasteiger partial charge in [-0.2, -0.15) is 5.10 Å². The van der Waals surface area contributed by atoms with Crippen molar-refractivity contribution in [2.75, 3.05) is 13.2 Å². The molecule has 2 rings (SSSR count). The molecule has 0 spiro atoms. The van der Waals surface area contributed by atoms with Gasteiger partial charge in [0.25, 0.3) is 0 Å². The highest BCUT2D eigenvalue weighted by Gasteiger charge is 2.08. The summed E-state index contributed by atoms with van der Waals surface area (Å²) in [6.45, 7) is 3.04. The van der Waals surface area contributed by atoms with Crippen molar-refractivity contribution < 1.29 is 4.74 Å². The van der Waals surface area contributed by atoms with Crippen molar-refractivity contribution in [1.82, 2.24) is 15.2 Å². The Bertz CT molecular complexity index is 527. The number of benzene rings is 1. The standard InChI is InChI=1S/C12H15ClN4O/c1-2-18-10-4-3-8(7-9(10)13)12-15-11(5-6-14)16-17-12/h3-4,7H,2,5-6,14H2,1H3,(H,15,16,17). The van der Waals surface area contributed by atoms with E-state index >= 15 is 0 Å². The first-order valence-corrected chi connectivity index (χ1v) is 6.16. The number of nitrogens with two attached hydrogens (primary N) is 1. The molecular weight excluding hydrogens is 252 g/mol. The monoisotopic (exact) mass is 266 g/mol. The van der Waals surface area contributed by atoms with E-state index in [9.17, 15) is 0 Å². The van der Waals surface area contributed by atoms with Crippen LogP contribution in [0.3, 0.4) is 0 Å². The van der Waals surface area contributed by atoms with E-state index in [4.69, 9.17) is 22.1 Å². The molecule has 0 radical (unpaired) electrons. The van der Waals surface area contributed by atoms with Crippen molar-refractivity contribution in [2.45, 2.75) is 13.3 Å². The molecule has 0 atom stereocenters. The maximum atomic E-state index is 6.12. The van der Waals surface area contributed by atoms with Gasteiger partial charge in [0.2, 0.25) is 0 Å². The minimum Gasteiger partial charge on any atom is -0.492 e. The Labute approximate surface area is 110 Å². The summed E-state index contributed by atoms with van der Waals surface area (Å²) in [5.74, 6) is 2.06. The molecule has 1 aromatic carbocycles. The number of halogens is 1. The average Bonchev–Trinajstić information content (AvgIpc) is 2.81. The highest BCUT2D eigenvalue weighted by atomic mass is 35.5. The molecule has 0 bridgehead atoms. The smallest absolute Gasteiger partial charge is 0.181 e. The predicted molar refractivity (Wildman–Crippen MR) is 70.8 cm³/mol. The van der Waals surface area contributed by atoms with E-state index < -0.39 is 0 Å². The number of nitrogens with zero attached hydrogens (tertiary/aromatic N) is 2. The highest BCUT2D eigenvalue weighted by molar-refractivity contribution is 6.32. The molecule has 18 heavy (non-hydrogen) atoms. The second kappa shape index (κ2) is 5.84. The maximum absolute atomic E-state index is 6.12. The summed E-state index contributed by atoms with van der Waals surface area (Å²) in [7, 11) is 0. The van der Waals surface area contributed by atoms with Gasteiger partial charge in [0.15, 0.2) is 5.82 Å². The third-order valence-electron chi connectivity index (χ3n) is 2.40. The maximum Gasteiger partial charge on any atom is 0.181 e. The van der Waals surface area contributed by atoms with Crippen molar-refractivity contribution in [2.24, 2.45) is 5.73 Å². The minimum atomic E-state index is 0.540. The lowest BCUT2D eigenvalue weighted by atomic mass is 10.2. The molecule has 3 N–H and O–H groups in total. The van der Waals surface area contributed by atoms with Crippen LogP contribution in [0.25, 0.3) is 11.4 Å². The first-order chi connectivity index (χ1) is 8.74. The van der Waals surface area contributed by atoms with Crippen LogP contribution in [0.5, 0.6) is 5.75 Å². The van der Waals surface area contributed by atoms with E-state index in [1.54, 1.807) is 6.07 Å². The molecule has 96 valence electrons. The van der Waals surface area contributed by atoms with Crippen LogP contribution in [-0.2, 0) is 6.42 Å². The molecule has 6 heteroatoms. The van der Waals surface area contributed by atoms with Gasteiger partial charge < -0.3 is 10.5 Å². The number of nitrogens with one attached hydrogen (secondary N) is 1. The number of rotatable bonds is 5. The lowest BCUT2D eigenvalue weighted by Gasteiger charge is -2.05. The van der Waals surface area contributed by atoms with Gasteiger partial charge in [-0.05, 0) is 31.7 Å². The van der Waals surface area contributed by atoms with Crippen molar-refractivity contribution in [3.63, 3.8) is 0 Å². The summed E-state index contributed by atoms with van der Waals surface area (Å²) in [4.78, 5) is 4.34. The van der Waals surface area contributed by atoms with Gasteiger partial charge in [0.1, 0.15) is 11.6 Å². The molecule has 2 aromatic rings. The van der Waals surface area contributed by atoms with Crippen molar-refractivity contribution in [1.29, 1.82) is 0 Å². The number of aromatic nitrogens is 3. The van der Waals surface area contributed by atoms with E-state index in [1.807, 2.05) is 19.1 Å². The first kappa shape index (κ1) is 12.9. The Kier molecular flexibility index (Phi) is 4.17. The second-order valence-corrected chi connectivity index (χ2v) is 4.13. The summed E-state index contributed by atoms with van der Waals surface area (Å²) in [5, 5.41) is 7.53. The van der Waals surface area contributed by atoms with Crippen molar-refractivity contribution in [3.05, 3.63) is 29.0 Å². The van der Waals surface area contributed by atoms with Gasteiger partial charge in [-0.25, -0.2) is 4.98 Å². The number of aromatic amines is 1. The largest absolute Gasteiger partial charge is 0.492 e. The fourth-order valence-electron chi connectivity index (χ4n) is 1.59. The van der Waals surface area contributed by atoms with Crippen LogP contribution in [0.2, 0.25) is 5.02 Å². The highest BCUT2D eigenvalue weighted by Crippen LogP contribution is 2.28. The molecule has 0 unspecified atom stereocenters. The van der Waals surface area contributed by atoms with Gasteiger partial charge in [0.05, 0.1) is 11.6 Å². The minimum absolute atomic E-state index is 0.540. The van der Waals surface area contributed by atoms with Crippen LogP contribution in [0, 0.1) is 0 Å². The first-order valence-electron chi connectivity index (χ1n) is 5.78. The van der Waals surface area contributed by atoms with E-state index in [0.29, 0.717) is 36.2 Å². The Balaban J connectivity index is 2.24. The molecule has 1 heterocycles. The van der Waals surface area contributed by atoms with Crippen LogP contribution < -0.4 is 10.5 Å². The normalized spacial score (nSPS) is 10.6. The van der Waals surface area contributed by atoms with Gasteiger partial charge >= 0.3 is 0 Å². The van der Waals surface area contributed by atoms with Crippen LogP contribution in [0.1, 0.15) is 12.7 Å². The quantitative estimate of drug-likeness (QED) is 0.868. The van der Waals surface area contributed by atoms with Crippen molar-refractivity contribution >= 4 is 11.6 Å². The third-order valence-corrected chi connectivity index (χ3v) is 2.70. The second-order valence-electron chi connectivity index (χ2n) is 3.72. The van der Waals surface area contributed by atoms with Gasteiger partial charge in [-0.1, -0.05) is 11.6 Å². The fourth-order valence-corrected chi connectivity index (χ4v) is 1.82. The number of hydrogen-bond donors (Lipinski definition) is 2. The molecule has 0 aliphatic carbocycles. The summed E-state index contributed by atoms with van der Waals surface area (Å²) in [6, 6.07) is 5.49. The van der Waals surface area contributed by atoms with Gasteiger partial charge in [-0.3, -0.25) is 5.10 Å². The van der Waals surface area contributed by atoms with Crippen LogP contribution in [0.15, 0.2) is 18.2 Å². The zero-order valence-electron chi connectivity index (χ0n) is 10.1. The molecule has 0 saturated carbocycles. The van der Waals surface area contributed by atoms with E-state index in [2.05, 4.69) is 15.2 Å². The van der Waals surface area contributed by atoms with Crippen LogP contribution in [-0.4, -0.2) is 28.3 Å². The number of ether oxygens (including phenoxy) is 1. The molecule has 1 aromatic heterocycles. The summed E-state index contributed by atoms with van der Waals surface area (Å²) >= 11 is 6.12. The topological polar surface area (TPSA) is 76.8 Å². The molecule has 5 nitrogen and oxygen atoms in total. The molecule has 0 amide bonds. The fraction of sp³-hybridized carbons (Fsp3) is 0.333. The van der Waals surface area contributed by atoms with Crippen LogP contribution in [0.4, 0.5) is 0 Å². The number of hydrogen-bond acceptors (Lipinski definition) is 4. The molecule has 0 saturated heterocycles. The SMILES string of the molecule is CCOc1ccc(-c2n[nH]c(CCN)n2)cc1Cl. The van der Waals surface area contributed by atoms with E-state index in [0.717, 1.165) is 11.4 Å². The molecule has 0 aliphatic rings. The Morgan fingerprint density at radius 1 is 1.44 bits per heavy atom. The third kappa shape index (κ3) is 2.80. The lowest BCUT2D eigenvalue weighted by molar-refractivity contribution is 0.340. The summed E-state index contributed by atoms with van der Waals surface area (Å²) in [5.41, 5.74) is 6.31. The van der Waals surface area contributed by atoms with Gasteiger partial charge in [-0.15, -0.1) is 0 Å². The van der Waals surface area contributed by atoms with E-state index in [-0.39, 0.29) is 0 Å². The van der Waals surface area contributed by atoms with Gasteiger partial charge in [0, 0.05) is 12.0 Å². The predicted octanol–water partition coefficient (Wildman–Crippen LogP) is 2.02. The average molecular weight is 267 g/mol. The molecule has 0 fully saturated rings. The Morgan fingerprint density at radius 3 is 2.94 bits per heavy atom. The van der Waals surface area contributed by atoms with Crippen LogP contribution >= 0.6 is 11.6 Å². The zero-order valence-corrected chi connectivity index (χ0v) is 10.9. The zero-order chi connectivity index (χ0) is 13.0. The molecule has 0 aliphatic heterocycles. The lowest BCUT2D eigenvalue weighted by Crippen LogP contribution is -2.03. The Morgan fingerprint density at radius 2 is 2.28 bits per heavy atom. The molecular formula is C12H15ClN4O.